The molecule has 2 aromatic heterocycles. The molecule has 0 bridgehead atoms. The number of halogens is 1. The van der Waals surface area contributed by atoms with Crippen molar-refractivity contribution in [2.75, 3.05) is 5.32 Å². The maximum Gasteiger partial charge on any atom is 0.232 e. The Labute approximate surface area is 142 Å². The van der Waals surface area contributed by atoms with E-state index in [4.69, 9.17) is 11.6 Å². The molecular formula is C15H13ClN6S. The highest BCUT2D eigenvalue weighted by Gasteiger charge is 2.10. The number of nitrogens with zero attached hydrogens (tertiary/aromatic N) is 5. The third-order valence-electron chi connectivity index (χ3n) is 2.76. The Morgan fingerprint density at radius 3 is 2.22 bits per heavy atom. The molecule has 2 heterocycles. The monoisotopic (exact) mass is 344 g/mol. The number of benzene rings is 1. The van der Waals surface area contributed by atoms with Gasteiger partial charge in [-0.15, -0.1) is 0 Å². The molecule has 8 heteroatoms. The van der Waals surface area contributed by atoms with Gasteiger partial charge in [-0.1, -0.05) is 18.2 Å². The molecule has 0 atom stereocenters. The molecule has 0 aliphatic rings. The third kappa shape index (κ3) is 4.37. The number of aryl methyl sites for hydroxylation is 2. The Kier molecular flexibility index (Phi) is 4.68. The molecule has 0 spiro atoms. The van der Waals surface area contributed by atoms with Gasteiger partial charge in [0.05, 0.1) is 0 Å². The van der Waals surface area contributed by atoms with Gasteiger partial charge in [0.2, 0.25) is 16.4 Å². The summed E-state index contributed by atoms with van der Waals surface area (Å²) in [5, 5.41) is 4.23. The number of aromatic nitrogens is 5. The van der Waals surface area contributed by atoms with Gasteiger partial charge in [-0.05, 0) is 55.4 Å². The van der Waals surface area contributed by atoms with Crippen molar-refractivity contribution < 1.29 is 0 Å². The lowest BCUT2D eigenvalue weighted by Crippen LogP contribution is -2.01. The van der Waals surface area contributed by atoms with Crippen LogP contribution in [-0.2, 0) is 0 Å². The zero-order valence-electron chi connectivity index (χ0n) is 12.5. The average molecular weight is 345 g/mol. The highest BCUT2D eigenvalue weighted by atomic mass is 35.5. The van der Waals surface area contributed by atoms with E-state index in [2.05, 4.69) is 30.2 Å². The minimum atomic E-state index is 0.116. The highest BCUT2D eigenvalue weighted by molar-refractivity contribution is 7.99. The molecule has 1 N–H and O–H groups in total. The average Bonchev–Trinajstić information content (AvgIpc) is 2.46. The van der Waals surface area contributed by atoms with Crippen LogP contribution in [0.2, 0.25) is 5.28 Å². The third-order valence-corrected chi connectivity index (χ3v) is 3.66. The van der Waals surface area contributed by atoms with Crippen LogP contribution in [-0.4, -0.2) is 24.9 Å². The molecule has 0 saturated heterocycles. The smallest absolute Gasteiger partial charge is 0.232 e. The Hall–Kier alpha value is -2.25. The fraction of sp³-hybridized carbons (Fsp3) is 0.133. The fourth-order valence-corrected chi connectivity index (χ4v) is 2.92. The van der Waals surface area contributed by atoms with Crippen molar-refractivity contribution in [2.45, 2.75) is 24.2 Å². The first-order chi connectivity index (χ1) is 11.1. The first kappa shape index (κ1) is 15.6. The van der Waals surface area contributed by atoms with Gasteiger partial charge in [-0.25, -0.2) is 9.97 Å². The van der Waals surface area contributed by atoms with Crippen molar-refractivity contribution >= 4 is 35.0 Å². The summed E-state index contributed by atoms with van der Waals surface area (Å²) in [6, 6.07) is 11.5. The van der Waals surface area contributed by atoms with E-state index in [0.29, 0.717) is 16.3 Å². The van der Waals surface area contributed by atoms with E-state index in [0.717, 1.165) is 17.1 Å². The van der Waals surface area contributed by atoms with Crippen LogP contribution in [0.1, 0.15) is 11.4 Å². The molecular weight excluding hydrogens is 332 g/mol. The van der Waals surface area contributed by atoms with Crippen LogP contribution >= 0.6 is 23.4 Å². The minimum absolute atomic E-state index is 0.116. The predicted octanol–water partition coefficient (Wildman–Crippen LogP) is 3.83. The van der Waals surface area contributed by atoms with Crippen molar-refractivity contribution in [2.24, 2.45) is 0 Å². The fourth-order valence-electron chi connectivity index (χ4n) is 1.90. The second-order valence-electron chi connectivity index (χ2n) is 4.74. The van der Waals surface area contributed by atoms with Crippen molar-refractivity contribution in [1.29, 1.82) is 0 Å². The van der Waals surface area contributed by atoms with Gasteiger partial charge in [0.1, 0.15) is 0 Å². The lowest BCUT2D eigenvalue weighted by Gasteiger charge is -2.06. The maximum atomic E-state index is 5.99. The van der Waals surface area contributed by atoms with Crippen LogP contribution < -0.4 is 5.32 Å². The molecule has 1 aromatic carbocycles. The van der Waals surface area contributed by atoms with E-state index in [9.17, 15) is 0 Å². The first-order valence-corrected chi connectivity index (χ1v) is 8.02. The molecule has 23 heavy (non-hydrogen) atoms. The quantitative estimate of drug-likeness (QED) is 0.721. The SMILES string of the molecule is Cc1cc(C)nc(Sc2nc(Cl)nc(Nc3ccccc3)n2)n1. The number of rotatable bonds is 4. The van der Waals surface area contributed by atoms with Gasteiger partial charge >= 0.3 is 0 Å². The zero-order valence-corrected chi connectivity index (χ0v) is 14.1. The number of hydrogen-bond acceptors (Lipinski definition) is 7. The van der Waals surface area contributed by atoms with Crippen LogP contribution in [0.3, 0.4) is 0 Å². The summed E-state index contributed by atoms with van der Waals surface area (Å²) in [7, 11) is 0. The summed E-state index contributed by atoms with van der Waals surface area (Å²) in [6.45, 7) is 3.84. The molecule has 0 amide bonds. The summed E-state index contributed by atoms with van der Waals surface area (Å²) < 4.78 is 0. The van der Waals surface area contributed by atoms with Crippen LogP contribution in [0, 0.1) is 13.8 Å². The van der Waals surface area contributed by atoms with Crippen molar-refractivity contribution in [3.63, 3.8) is 0 Å². The van der Waals surface area contributed by atoms with Gasteiger partial charge < -0.3 is 5.32 Å². The summed E-state index contributed by atoms with van der Waals surface area (Å²) in [5.41, 5.74) is 2.65. The number of para-hydroxylation sites is 1. The first-order valence-electron chi connectivity index (χ1n) is 6.82. The molecule has 3 rings (SSSR count). The number of hydrogen-bond donors (Lipinski definition) is 1. The standard InChI is InChI=1S/C15H13ClN6S/c1-9-8-10(2)18-14(17-9)23-15-21-12(16)20-13(22-15)19-11-6-4-3-5-7-11/h3-8H,1-2H3,(H,19,20,21,22). The van der Waals surface area contributed by atoms with Crippen molar-refractivity contribution in [1.82, 2.24) is 24.9 Å². The van der Waals surface area contributed by atoms with E-state index >= 15 is 0 Å². The summed E-state index contributed by atoms with van der Waals surface area (Å²) in [6.07, 6.45) is 0. The van der Waals surface area contributed by atoms with E-state index in [-0.39, 0.29) is 5.28 Å². The van der Waals surface area contributed by atoms with Gasteiger partial charge in [0.25, 0.3) is 0 Å². The predicted molar refractivity (Wildman–Crippen MR) is 90.2 cm³/mol. The van der Waals surface area contributed by atoms with Gasteiger partial charge in [0, 0.05) is 17.1 Å². The molecule has 116 valence electrons. The van der Waals surface area contributed by atoms with Gasteiger partial charge in [0.15, 0.2) is 5.16 Å². The minimum Gasteiger partial charge on any atom is -0.324 e. The van der Waals surface area contributed by atoms with Crippen LogP contribution in [0.5, 0.6) is 0 Å². The Bertz CT molecular complexity index is 807. The molecule has 0 aliphatic carbocycles. The zero-order chi connectivity index (χ0) is 16.2. The van der Waals surface area contributed by atoms with E-state index in [1.54, 1.807) is 0 Å². The second-order valence-corrected chi connectivity index (χ2v) is 6.01. The van der Waals surface area contributed by atoms with Crippen LogP contribution in [0.15, 0.2) is 46.7 Å². The Balaban J connectivity index is 1.85. The highest BCUT2D eigenvalue weighted by Crippen LogP contribution is 2.24. The van der Waals surface area contributed by atoms with Gasteiger partial charge in [-0.3, -0.25) is 0 Å². The number of anilines is 2. The van der Waals surface area contributed by atoms with Gasteiger partial charge in [-0.2, -0.15) is 15.0 Å². The molecule has 3 aromatic rings. The number of nitrogens with one attached hydrogen (secondary N) is 1. The maximum absolute atomic E-state index is 5.99. The van der Waals surface area contributed by atoms with Crippen molar-refractivity contribution in [3.05, 3.63) is 53.1 Å². The van der Waals surface area contributed by atoms with Crippen LogP contribution in [0.4, 0.5) is 11.6 Å². The second kappa shape index (κ2) is 6.89. The molecule has 0 unspecified atom stereocenters. The van der Waals surface area contributed by atoms with Crippen molar-refractivity contribution in [3.8, 4) is 0 Å². The summed E-state index contributed by atoms with van der Waals surface area (Å²) >= 11 is 7.23. The van der Waals surface area contributed by atoms with E-state index in [1.807, 2.05) is 50.2 Å². The topological polar surface area (TPSA) is 76.5 Å². The normalized spacial score (nSPS) is 10.6. The molecule has 0 radical (unpaired) electrons. The largest absolute Gasteiger partial charge is 0.324 e. The molecule has 0 aliphatic heterocycles. The van der Waals surface area contributed by atoms with E-state index in [1.165, 1.54) is 11.8 Å². The van der Waals surface area contributed by atoms with Crippen LogP contribution in [0.25, 0.3) is 0 Å². The lowest BCUT2D eigenvalue weighted by molar-refractivity contribution is 0.874. The molecule has 0 saturated carbocycles. The lowest BCUT2D eigenvalue weighted by atomic mass is 10.3. The Morgan fingerprint density at radius 2 is 1.52 bits per heavy atom. The molecule has 6 nitrogen and oxygen atoms in total. The van der Waals surface area contributed by atoms with E-state index < -0.39 is 0 Å². The summed E-state index contributed by atoms with van der Waals surface area (Å²) in [4.78, 5) is 21.3. The molecule has 0 fully saturated rings. The summed E-state index contributed by atoms with van der Waals surface area (Å²) in [5.74, 6) is 0.378. The Morgan fingerprint density at radius 1 is 0.870 bits per heavy atom.